The van der Waals surface area contributed by atoms with Gasteiger partial charge in [-0.05, 0) is 42.8 Å². The number of urea groups is 1. The summed E-state index contributed by atoms with van der Waals surface area (Å²) in [5.74, 6) is 0. The molecule has 3 rings (SSSR count). The van der Waals surface area contributed by atoms with Gasteiger partial charge in [-0.15, -0.1) is 0 Å². The molecule has 134 valence electrons. The Balaban J connectivity index is 1.91. The van der Waals surface area contributed by atoms with E-state index in [1.807, 2.05) is 37.3 Å². The van der Waals surface area contributed by atoms with E-state index in [0.717, 1.165) is 11.4 Å². The number of aromatic nitrogens is 2. The average molecular weight is 371 g/mol. The monoisotopic (exact) mass is 370 g/mol. The molecule has 0 saturated heterocycles. The maximum Gasteiger partial charge on any atom is 0.323 e. The van der Waals surface area contributed by atoms with Crippen molar-refractivity contribution in [2.45, 2.75) is 13.3 Å². The first-order valence-corrected chi connectivity index (χ1v) is 8.59. The first-order chi connectivity index (χ1) is 12.5. The fraction of sp³-hybridized carbons (Fsp3) is 0.158. The van der Waals surface area contributed by atoms with Crippen LogP contribution in [-0.4, -0.2) is 15.4 Å². The van der Waals surface area contributed by atoms with Crippen molar-refractivity contribution in [3.63, 3.8) is 0 Å². The zero-order valence-electron chi connectivity index (χ0n) is 14.5. The van der Waals surface area contributed by atoms with Gasteiger partial charge < -0.3 is 10.6 Å². The van der Waals surface area contributed by atoms with Gasteiger partial charge in [0.25, 0.3) is 5.56 Å². The molecule has 3 aromatic rings. The van der Waals surface area contributed by atoms with Crippen LogP contribution in [0.1, 0.15) is 12.6 Å². The lowest BCUT2D eigenvalue weighted by molar-refractivity contribution is 0.262. The molecular formula is C19H19ClN4O2. The van der Waals surface area contributed by atoms with Gasteiger partial charge in [-0.2, -0.15) is 0 Å². The van der Waals surface area contributed by atoms with Gasteiger partial charge in [0.05, 0.1) is 11.4 Å². The number of anilines is 2. The predicted molar refractivity (Wildman–Crippen MR) is 104 cm³/mol. The van der Waals surface area contributed by atoms with E-state index in [0.29, 0.717) is 17.1 Å². The van der Waals surface area contributed by atoms with Crippen LogP contribution < -0.4 is 16.2 Å². The first kappa shape index (κ1) is 17.8. The minimum absolute atomic E-state index is 0.269. The number of nitrogens with zero attached hydrogens (tertiary/aromatic N) is 2. The molecule has 1 aromatic heterocycles. The molecule has 0 aliphatic carbocycles. The second kappa shape index (κ2) is 7.49. The molecule has 0 unspecified atom stereocenters. The largest absolute Gasteiger partial charge is 0.323 e. The summed E-state index contributed by atoms with van der Waals surface area (Å²) in [4.78, 5) is 25.2. The Bertz CT molecular complexity index is 975. The molecule has 0 radical (unpaired) electrons. The number of carbonyl (C=O) groups excluding carboxylic acids is 1. The molecule has 0 fully saturated rings. The van der Waals surface area contributed by atoms with Gasteiger partial charge in [-0.3, -0.25) is 9.48 Å². The zero-order valence-corrected chi connectivity index (χ0v) is 15.2. The Kier molecular flexibility index (Phi) is 5.14. The summed E-state index contributed by atoms with van der Waals surface area (Å²) >= 11 is 5.84. The molecule has 0 spiro atoms. The van der Waals surface area contributed by atoms with E-state index in [4.69, 9.17) is 11.6 Å². The molecule has 7 heteroatoms. The zero-order chi connectivity index (χ0) is 18.7. The third kappa shape index (κ3) is 3.50. The summed E-state index contributed by atoms with van der Waals surface area (Å²) in [5, 5.41) is 5.97. The molecule has 0 atom stereocenters. The fourth-order valence-corrected chi connectivity index (χ4v) is 2.97. The van der Waals surface area contributed by atoms with Crippen molar-refractivity contribution in [3.8, 4) is 5.69 Å². The van der Waals surface area contributed by atoms with Crippen LogP contribution in [0.25, 0.3) is 5.69 Å². The number of hydrogen-bond acceptors (Lipinski definition) is 2. The Morgan fingerprint density at radius 1 is 1.04 bits per heavy atom. The van der Waals surface area contributed by atoms with Gasteiger partial charge in [0.1, 0.15) is 5.69 Å². The van der Waals surface area contributed by atoms with E-state index in [-0.39, 0.29) is 11.2 Å². The standard InChI is InChI=1S/C19H19ClN4O2/c1-3-16-17(22-19(26)21-14-11-9-13(20)10-12-14)18(25)24(23(16)2)15-7-5-4-6-8-15/h4-12H,3H2,1-2H3,(H2,21,22,26). The van der Waals surface area contributed by atoms with Crippen LogP contribution in [0.15, 0.2) is 59.4 Å². The van der Waals surface area contributed by atoms with Crippen LogP contribution in [0.4, 0.5) is 16.2 Å². The molecule has 2 N–H and O–H groups in total. The van der Waals surface area contributed by atoms with E-state index in [1.165, 1.54) is 4.68 Å². The van der Waals surface area contributed by atoms with Gasteiger partial charge in [0, 0.05) is 17.8 Å². The number of benzene rings is 2. The van der Waals surface area contributed by atoms with E-state index >= 15 is 0 Å². The van der Waals surface area contributed by atoms with Crippen molar-refractivity contribution < 1.29 is 4.79 Å². The lowest BCUT2D eigenvalue weighted by Crippen LogP contribution is -2.25. The number of amides is 2. The van der Waals surface area contributed by atoms with Crippen LogP contribution in [-0.2, 0) is 13.5 Å². The molecule has 6 nitrogen and oxygen atoms in total. The first-order valence-electron chi connectivity index (χ1n) is 8.21. The van der Waals surface area contributed by atoms with Gasteiger partial charge >= 0.3 is 6.03 Å². The molecule has 2 amide bonds. The van der Waals surface area contributed by atoms with Crippen molar-refractivity contribution >= 4 is 29.0 Å². The third-order valence-corrected chi connectivity index (χ3v) is 4.31. The highest BCUT2D eigenvalue weighted by Gasteiger charge is 2.19. The summed E-state index contributed by atoms with van der Waals surface area (Å²) in [6.07, 6.45) is 0.599. The second-order valence-corrected chi connectivity index (χ2v) is 6.17. The van der Waals surface area contributed by atoms with Crippen molar-refractivity contribution in [3.05, 3.63) is 75.7 Å². The summed E-state index contributed by atoms with van der Waals surface area (Å²) in [6, 6.07) is 15.6. The quantitative estimate of drug-likeness (QED) is 0.727. The van der Waals surface area contributed by atoms with Gasteiger partial charge in [0.15, 0.2) is 0 Å². The number of rotatable bonds is 4. The summed E-state index contributed by atoms with van der Waals surface area (Å²) in [7, 11) is 1.80. The van der Waals surface area contributed by atoms with E-state index in [1.54, 1.807) is 36.0 Å². The Hall–Kier alpha value is -2.99. The third-order valence-electron chi connectivity index (χ3n) is 4.06. The summed E-state index contributed by atoms with van der Waals surface area (Å²) in [6.45, 7) is 1.94. The highest BCUT2D eigenvalue weighted by molar-refractivity contribution is 6.30. The van der Waals surface area contributed by atoms with Crippen LogP contribution in [0, 0.1) is 0 Å². The molecule has 2 aromatic carbocycles. The van der Waals surface area contributed by atoms with Crippen molar-refractivity contribution in [1.29, 1.82) is 0 Å². The van der Waals surface area contributed by atoms with Crippen molar-refractivity contribution in [2.75, 3.05) is 10.6 Å². The number of nitrogens with one attached hydrogen (secondary N) is 2. The highest BCUT2D eigenvalue weighted by Crippen LogP contribution is 2.17. The molecular weight excluding hydrogens is 352 g/mol. The number of para-hydroxylation sites is 1. The molecule has 0 bridgehead atoms. The van der Waals surface area contributed by atoms with Crippen LogP contribution in [0.3, 0.4) is 0 Å². The molecule has 26 heavy (non-hydrogen) atoms. The topological polar surface area (TPSA) is 68.1 Å². The van der Waals surface area contributed by atoms with Gasteiger partial charge in [-0.25, -0.2) is 9.48 Å². The maximum absolute atomic E-state index is 12.9. The van der Waals surface area contributed by atoms with Crippen molar-refractivity contribution in [2.24, 2.45) is 7.05 Å². The molecule has 0 aliphatic heterocycles. The van der Waals surface area contributed by atoms with Gasteiger partial charge in [-0.1, -0.05) is 36.7 Å². The lowest BCUT2D eigenvalue weighted by Gasteiger charge is -2.09. The highest BCUT2D eigenvalue weighted by atomic mass is 35.5. The smallest absolute Gasteiger partial charge is 0.308 e. The fourth-order valence-electron chi connectivity index (χ4n) is 2.85. The number of hydrogen-bond donors (Lipinski definition) is 2. The summed E-state index contributed by atoms with van der Waals surface area (Å²) < 4.78 is 3.30. The molecule has 1 heterocycles. The number of halogens is 1. The van der Waals surface area contributed by atoms with Crippen LogP contribution >= 0.6 is 11.6 Å². The minimum atomic E-state index is -0.482. The molecule has 0 aliphatic rings. The number of carbonyl (C=O) groups is 1. The van der Waals surface area contributed by atoms with E-state index in [2.05, 4.69) is 10.6 Å². The average Bonchev–Trinajstić information content (AvgIpc) is 2.87. The van der Waals surface area contributed by atoms with E-state index in [9.17, 15) is 9.59 Å². The Labute approximate surface area is 156 Å². The predicted octanol–water partition coefficient (Wildman–Crippen LogP) is 4.04. The second-order valence-electron chi connectivity index (χ2n) is 5.74. The van der Waals surface area contributed by atoms with Crippen LogP contribution in [0.2, 0.25) is 5.02 Å². The molecule has 0 saturated carbocycles. The Morgan fingerprint density at radius 2 is 1.69 bits per heavy atom. The normalized spacial score (nSPS) is 10.6. The minimum Gasteiger partial charge on any atom is -0.308 e. The van der Waals surface area contributed by atoms with E-state index < -0.39 is 6.03 Å². The van der Waals surface area contributed by atoms with Gasteiger partial charge in [0.2, 0.25) is 0 Å². The SMILES string of the molecule is CCc1c(NC(=O)Nc2ccc(Cl)cc2)c(=O)n(-c2ccccc2)n1C. The summed E-state index contributed by atoms with van der Waals surface area (Å²) in [5.41, 5.74) is 2.06. The maximum atomic E-state index is 12.9. The van der Waals surface area contributed by atoms with Crippen LogP contribution in [0.5, 0.6) is 0 Å². The van der Waals surface area contributed by atoms with Crippen molar-refractivity contribution in [1.82, 2.24) is 9.36 Å². The lowest BCUT2D eigenvalue weighted by atomic mass is 10.3. The Morgan fingerprint density at radius 3 is 2.31 bits per heavy atom.